The Bertz CT molecular complexity index is 414. The van der Waals surface area contributed by atoms with Crippen LogP contribution in [-0.2, 0) is 9.57 Å². The van der Waals surface area contributed by atoms with E-state index in [1.165, 1.54) is 7.11 Å². The minimum Gasteiger partial charge on any atom is -0.459 e. The van der Waals surface area contributed by atoms with Gasteiger partial charge >= 0.3 is 5.97 Å². The molecule has 0 fully saturated rings. The molecule has 0 aliphatic rings. The molecule has 0 aliphatic carbocycles. The minimum atomic E-state index is -0.697. The smallest absolute Gasteiger partial charge is 0.338 e. The molecular formula is C14H19NO4. The summed E-state index contributed by atoms with van der Waals surface area (Å²) < 4.78 is 5.02. The number of carbonyl (C=O) groups is 1. The summed E-state index contributed by atoms with van der Waals surface area (Å²) in [5.41, 5.74) is 1.56. The van der Waals surface area contributed by atoms with Crippen molar-refractivity contribution in [3.63, 3.8) is 0 Å². The first-order chi connectivity index (χ1) is 9.13. The van der Waals surface area contributed by atoms with E-state index in [0.29, 0.717) is 18.4 Å². The Morgan fingerprint density at radius 2 is 2.11 bits per heavy atom. The van der Waals surface area contributed by atoms with E-state index in [9.17, 15) is 9.90 Å². The summed E-state index contributed by atoms with van der Waals surface area (Å²) in [6, 6.07) is 7.09. The third-order valence-electron chi connectivity index (χ3n) is 2.50. The van der Waals surface area contributed by atoms with Crippen molar-refractivity contribution in [1.29, 1.82) is 0 Å². The summed E-state index contributed by atoms with van der Waals surface area (Å²) in [4.78, 5) is 16.1. The van der Waals surface area contributed by atoms with Gasteiger partial charge in [0, 0.05) is 6.21 Å². The lowest BCUT2D eigenvalue weighted by Gasteiger charge is -2.10. The molecule has 5 heteroatoms. The van der Waals surface area contributed by atoms with Crippen LogP contribution in [0.2, 0.25) is 0 Å². The predicted molar refractivity (Wildman–Crippen MR) is 72.2 cm³/mol. The van der Waals surface area contributed by atoms with Crippen molar-refractivity contribution >= 4 is 12.2 Å². The number of hydrogen-bond acceptors (Lipinski definition) is 5. The first-order valence-corrected chi connectivity index (χ1v) is 6.10. The molecule has 5 nitrogen and oxygen atoms in total. The van der Waals surface area contributed by atoms with Gasteiger partial charge in [-0.2, -0.15) is 0 Å². The maximum Gasteiger partial charge on any atom is 0.338 e. The van der Waals surface area contributed by atoms with E-state index in [1.807, 2.05) is 19.1 Å². The Labute approximate surface area is 112 Å². The number of aliphatic hydroxyl groups excluding tert-OH is 1. The predicted octanol–water partition coefficient (Wildman–Crippen LogP) is 1.93. The molecule has 1 unspecified atom stereocenters. The number of aryl methyl sites for hydroxylation is 1. The molecule has 0 radical (unpaired) electrons. The van der Waals surface area contributed by atoms with Crippen LogP contribution < -0.4 is 0 Å². The summed E-state index contributed by atoms with van der Waals surface area (Å²) in [5.74, 6) is -0.426. The summed E-state index contributed by atoms with van der Waals surface area (Å²) in [5, 5.41) is 13.2. The molecule has 104 valence electrons. The number of esters is 1. The second kappa shape index (κ2) is 8.26. The van der Waals surface area contributed by atoms with E-state index < -0.39 is 12.1 Å². The van der Waals surface area contributed by atoms with Crippen molar-refractivity contribution in [2.45, 2.75) is 25.9 Å². The number of oxime groups is 1. The fraction of sp³-hybridized carbons (Fsp3) is 0.429. The van der Waals surface area contributed by atoms with Crippen molar-refractivity contribution in [3.05, 3.63) is 35.4 Å². The Hall–Kier alpha value is -1.88. The summed E-state index contributed by atoms with van der Waals surface area (Å²) in [7, 11) is 1.45. The average molecular weight is 265 g/mol. The van der Waals surface area contributed by atoms with Crippen LogP contribution in [-0.4, -0.2) is 37.1 Å². The van der Waals surface area contributed by atoms with E-state index >= 15 is 0 Å². The highest BCUT2D eigenvalue weighted by atomic mass is 16.6. The van der Waals surface area contributed by atoms with Gasteiger partial charge in [0.1, 0.15) is 13.7 Å². The van der Waals surface area contributed by atoms with E-state index in [1.54, 1.807) is 18.3 Å². The zero-order chi connectivity index (χ0) is 14.1. The van der Waals surface area contributed by atoms with E-state index in [2.05, 4.69) is 9.99 Å². The largest absolute Gasteiger partial charge is 0.459 e. The zero-order valence-corrected chi connectivity index (χ0v) is 11.2. The number of aliphatic hydroxyl groups is 1. The highest BCUT2D eigenvalue weighted by molar-refractivity contribution is 5.89. The van der Waals surface area contributed by atoms with E-state index in [-0.39, 0.29) is 6.61 Å². The van der Waals surface area contributed by atoms with Crippen LogP contribution in [0.15, 0.2) is 29.4 Å². The molecular weight excluding hydrogens is 246 g/mol. The van der Waals surface area contributed by atoms with Gasteiger partial charge in [0.2, 0.25) is 0 Å². The molecule has 0 aromatic heterocycles. The maximum atomic E-state index is 11.7. The van der Waals surface area contributed by atoms with Gasteiger partial charge in [-0.1, -0.05) is 22.9 Å². The molecule has 1 rings (SSSR count). The number of nitrogens with zero attached hydrogens (tertiary/aromatic N) is 1. The number of carbonyl (C=O) groups excluding carboxylic acids is 1. The van der Waals surface area contributed by atoms with Gasteiger partial charge in [-0.25, -0.2) is 4.79 Å². The first kappa shape index (κ1) is 15.2. The Kier molecular flexibility index (Phi) is 6.60. The fourth-order valence-corrected chi connectivity index (χ4v) is 1.42. The van der Waals surface area contributed by atoms with E-state index in [0.717, 1.165) is 5.56 Å². The van der Waals surface area contributed by atoms with Crippen molar-refractivity contribution < 1.29 is 19.5 Å². The van der Waals surface area contributed by atoms with Crippen molar-refractivity contribution in [3.8, 4) is 0 Å². The van der Waals surface area contributed by atoms with Gasteiger partial charge in [-0.05, 0) is 31.9 Å². The third kappa shape index (κ3) is 6.01. The number of hydrogen-bond donors (Lipinski definition) is 1. The average Bonchev–Trinajstić information content (AvgIpc) is 2.42. The Balaban J connectivity index is 2.29. The van der Waals surface area contributed by atoms with Gasteiger partial charge in [0.25, 0.3) is 0 Å². The highest BCUT2D eigenvalue weighted by Gasteiger charge is 2.10. The van der Waals surface area contributed by atoms with Crippen LogP contribution in [0.4, 0.5) is 0 Å². The molecule has 1 aromatic rings. The third-order valence-corrected chi connectivity index (χ3v) is 2.50. The number of benzene rings is 1. The van der Waals surface area contributed by atoms with Gasteiger partial charge in [-0.15, -0.1) is 0 Å². The van der Waals surface area contributed by atoms with Gasteiger partial charge in [0.05, 0.1) is 11.7 Å². The zero-order valence-electron chi connectivity index (χ0n) is 11.2. The van der Waals surface area contributed by atoms with Crippen molar-refractivity contribution in [1.82, 2.24) is 0 Å². The topological polar surface area (TPSA) is 68.1 Å². The van der Waals surface area contributed by atoms with Gasteiger partial charge in [0.15, 0.2) is 0 Å². The second-order valence-electron chi connectivity index (χ2n) is 4.17. The Morgan fingerprint density at radius 1 is 1.42 bits per heavy atom. The highest BCUT2D eigenvalue weighted by Crippen LogP contribution is 2.06. The SMILES string of the molecule is CON=CCCC(O)COC(=O)c1ccc(C)cc1. The molecule has 0 saturated carbocycles. The maximum absolute atomic E-state index is 11.7. The molecule has 1 atom stereocenters. The monoisotopic (exact) mass is 265 g/mol. The van der Waals surface area contributed by atoms with Crippen LogP contribution in [0.5, 0.6) is 0 Å². The fourth-order valence-electron chi connectivity index (χ4n) is 1.42. The second-order valence-corrected chi connectivity index (χ2v) is 4.17. The van der Waals surface area contributed by atoms with Crippen molar-refractivity contribution in [2.75, 3.05) is 13.7 Å². The lowest BCUT2D eigenvalue weighted by atomic mass is 10.1. The Morgan fingerprint density at radius 3 is 2.74 bits per heavy atom. The van der Waals surface area contributed by atoms with E-state index in [4.69, 9.17) is 4.74 Å². The number of ether oxygens (including phenoxy) is 1. The first-order valence-electron chi connectivity index (χ1n) is 6.10. The lowest BCUT2D eigenvalue weighted by molar-refractivity contribution is 0.0243. The molecule has 0 amide bonds. The van der Waals surface area contributed by atoms with Gasteiger partial charge < -0.3 is 14.7 Å². The van der Waals surface area contributed by atoms with Crippen LogP contribution >= 0.6 is 0 Å². The molecule has 0 heterocycles. The molecule has 0 spiro atoms. The molecule has 19 heavy (non-hydrogen) atoms. The number of rotatable bonds is 7. The van der Waals surface area contributed by atoms with Crippen molar-refractivity contribution in [2.24, 2.45) is 5.16 Å². The normalized spacial score (nSPS) is 12.4. The summed E-state index contributed by atoms with van der Waals surface area (Å²) in [6.45, 7) is 1.92. The van der Waals surface area contributed by atoms with Crippen LogP contribution in [0, 0.1) is 6.92 Å². The molecule has 0 saturated heterocycles. The summed E-state index contributed by atoms with van der Waals surface area (Å²) >= 11 is 0. The minimum absolute atomic E-state index is 0.0203. The van der Waals surface area contributed by atoms with Crippen LogP contribution in [0.1, 0.15) is 28.8 Å². The standard InChI is InChI=1S/C14H19NO4/c1-11-5-7-12(8-6-11)14(17)19-10-13(16)4-3-9-15-18-2/h5-9,13,16H,3-4,10H2,1-2H3. The quantitative estimate of drug-likeness (QED) is 0.464. The van der Waals surface area contributed by atoms with Gasteiger partial charge in [-0.3, -0.25) is 0 Å². The molecule has 1 N–H and O–H groups in total. The summed E-state index contributed by atoms with van der Waals surface area (Å²) in [6.07, 6.45) is 1.90. The molecule has 1 aromatic carbocycles. The van der Waals surface area contributed by atoms with Crippen LogP contribution in [0.3, 0.4) is 0 Å². The molecule has 0 aliphatic heterocycles. The van der Waals surface area contributed by atoms with Crippen LogP contribution in [0.25, 0.3) is 0 Å². The molecule has 0 bridgehead atoms. The lowest BCUT2D eigenvalue weighted by Crippen LogP contribution is -2.18.